The first-order chi connectivity index (χ1) is 12.6. The average Bonchev–Trinajstić information content (AvgIpc) is 2.65. The molecule has 4 N–H and O–H groups in total. The third kappa shape index (κ3) is 4.75. The van der Waals surface area contributed by atoms with E-state index in [1.54, 1.807) is 0 Å². The number of hydrogen-bond donors (Lipinski definition) is 3. The van der Waals surface area contributed by atoms with E-state index in [4.69, 9.17) is 10.5 Å². The number of benzene rings is 2. The number of amides is 1. The van der Waals surface area contributed by atoms with Crippen LogP contribution in [0.1, 0.15) is 24.5 Å². The molecule has 2 aromatic carbocycles. The summed E-state index contributed by atoms with van der Waals surface area (Å²) in [4.78, 5) is 15.7. The van der Waals surface area contributed by atoms with Crippen molar-refractivity contribution in [1.29, 1.82) is 0 Å². The Balaban J connectivity index is 1.48. The Morgan fingerprint density at radius 1 is 1.27 bits per heavy atom. The standard InChI is InChI=1S/C20H24N4O2/c1-2-14-4-3-5-16(12-14)23-20(21)22-10-11-26-17-7-8-18-15(13-17)6-9-19(25)24-18/h3-5,7-8,12-13H,2,6,9-11H2,1H3,(H,24,25)(H3,21,22,23). The Morgan fingerprint density at radius 2 is 2.15 bits per heavy atom. The second-order valence-electron chi connectivity index (χ2n) is 6.16. The van der Waals surface area contributed by atoms with Gasteiger partial charge in [0.15, 0.2) is 5.96 Å². The number of carbonyl (C=O) groups is 1. The van der Waals surface area contributed by atoms with Gasteiger partial charge in [0.2, 0.25) is 5.91 Å². The van der Waals surface area contributed by atoms with Crippen molar-refractivity contribution in [1.82, 2.24) is 0 Å². The number of hydrogen-bond acceptors (Lipinski definition) is 3. The van der Waals surface area contributed by atoms with E-state index >= 15 is 0 Å². The molecule has 0 aliphatic carbocycles. The number of aryl methyl sites for hydroxylation is 2. The second kappa shape index (κ2) is 8.38. The third-order valence-electron chi connectivity index (χ3n) is 4.22. The molecule has 1 amide bonds. The smallest absolute Gasteiger partial charge is 0.224 e. The number of fused-ring (bicyclic) bond motifs is 1. The van der Waals surface area contributed by atoms with E-state index in [9.17, 15) is 4.79 Å². The summed E-state index contributed by atoms with van der Waals surface area (Å²) in [7, 11) is 0. The van der Waals surface area contributed by atoms with E-state index in [-0.39, 0.29) is 5.91 Å². The molecule has 136 valence electrons. The average molecular weight is 352 g/mol. The van der Waals surface area contributed by atoms with Crippen molar-refractivity contribution in [2.45, 2.75) is 26.2 Å². The van der Waals surface area contributed by atoms with Crippen LogP contribution in [0.4, 0.5) is 11.4 Å². The van der Waals surface area contributed by atoms with Crippen LogP contribution in [0.25, 0.3) is 0 Å². The van der Waals surface area contributed by atoms with E-state index in [0.717, 1.165) is 35.5 Å². The summed E-state index contributed by atoms with van der Waals surface area (Å²) in [5, 5.41) is 5.95. The predicted molar refractivity (Wildman–Crippen MR) is 105 cm³/mol. The molecule has 0 spiro atoms. The van der Waals surface area contributed by atoms with Gasteiger partial charge in [-0.2, -0.15) is 0 Å². The first-order valence-electron chi connectivity index (χ1n) is 8.85. The van der Waals surface area contributed by atoms with E-state index in [2.05, 4.69) is 34.7 Å². The SMILES string of the molecule is CCc1cccc(NC(N)=NCCOc2ccc3c(c2)CCC(=O)N3)c1. The van der Waals surface area contributed by atoms with Crippen molar-refractivity contribution < 1.29 is 9.53 Å². The van der Waals surface area contributed by atoms with Gasteiger partial charge in [-0.3, -0.25) is 4.79 Å². The van der Waals surface area contributed by atoms with Crippen LogP contribution in [0.5, 0.6) is 5.75 Å². The summed E-state index contributed by atoms with van der Waals surface area (Å²) in [5.74, 6) is 1.21. The van der Waals surface area contributed by atoms with Crippen LogP contribution in [0.2, 0.25) is 0 Å². The van der Waals surface area contributed by atoms with E-state index < -0.39 is 0 Å². The molecule has 0 atom stereocenters. The van der Waals surface area contributed by atoms with Crippen LogP contribution in [0, 0.1) is 0 Å². The fourth-order valence-corrected chi connectivity index (χ4v) is 2.84. The van der Waals surface area contributed by atoms with Crippen LogP contribution in [-0.2, 0) is 17.6 Å². The van der Waals surface area contributed by atoms with Gasteiger partial charge < -0.3 is 21.1 Å². The molecule has 1 heterocycles. The number of guanidine groups is 1. The first-order valence-corrected chi connectivity index (χ1v) is 8.85. The molecule has 3 rings (SSSR count). The summed E-state index contributed by atoms with van der Waals surface area (Å²) in [6, 6.07) is 13.8. The number of anilines is 2. The highest BCUT2D eigenvalue weighted by atomic mass is 16.5. The molecule has 6 nitrogen and oxygen atoms in total. The lowest BCUT2D eigenvalue weighted by atomic mass is 10.0. The van der Waals surface area contributed by atoms with Crippen molar-refractivity contribution >= 4 is 23.2 Å². The molecule has 2 aromatic rings. The fraction of sp³-hybridized carbons (Fsp3) is 0.300. The predicted octanol–water partition coefficient (Wildman–Crippen LogP) is 2.94. The van der Waals surface area contributed by atoms with Gasteiger partial charge in [0.25, 0.3) is 0 Å². The maximum Gasteiger partial charge on any atom is 0.224 e. The van der Waals surface area contributed by atoms with Gasteiger partial charge >= 0.3 is 0 Å². The third-order valence-corrected chi connectivity index (χ3v) is 4.22. The fourth-order valence-electron chi connectivity index (χ4n) is 2.84. The molecule has 1 aliphatic heterocycles. The Morgan fingerprint density at radius 3 is 3.00 bits per heavy atom. The second-order valence-corrected chi connectivity index (χ2v) is 6.16. The molecule has 0 unspecified atom stereocenters. The van der Waals surface area contributed by atoms with E-state index in [1.807, 2.05) is 30.3 Å². The summed E-state index contributed by atoms with van der Waals surface area (Å²) < 4.78 is 5.73. The Labute approximate surface area is 153 Å². The van der Waals surface area contributed by atoms with Crippen molar-refractivity contribution in [3.63, 3.8) is 0 Å². The monoisotopic (exact) mass is 352 g/mol. The minimum atomic E-state index is 0.0629. The first kappa shape index (κ1) is 17.8. The zero-order chi connectivity index (χ0) is 18.4. The number of nitrogens with one attached hydrogen (secondary N) is 2. The zero-order valence-corrected chi connectivity index (χ0v) is 14.9. The highest BCUT2D eigenvalue weighted by Gasteiger charge is 2.14. The van der Waals surface area contributed by atoms with Gasteiger partial charge in [-0.1, -0.05) is 19.1 Å². The van der Waals surface area contributed by atoms with Crippen LogP contribution in [0.3, 0.4) is 0 Å². The van der Waals surface area contributed by atoms with Gasteiger partial charge in [-0.15, -0.1) is 0 Å². The van der Waals surface area contributed by atoms with Crippen LogP contribution in [0.15, 0.2) is 47.5 Å². The highest BCUT2D eigenvalue weighted by molar-refractivity contribution is 5.94. The summed E-state index contributed by atoms with van der Waals surface area (Å²) in [6.45, 7) is 3.01. The zero-order valence-electron chi connectivity index (χ0n) is 14.9. The maximum absolute atomic E-state index is 11.4. The topological polar surface area (TPSA) is 88.7 Å². The highest BCUT2D eigenvalue weighted by Crippen LogP contribution is 2.26. The molecule has 0 saturated heterocycles. The molecule has 6 heteroatoms. The normalized spacial score (nSPS) is 13.7. The van der Waals surface area contributed by atoms with E-state index in [0.29, 0.717) is 25.5 Å². The number of ether oxygens (including phenoxy) is 1. The van der Waals surface area contributed by atoms with Crippen LogP contribution < -0.4 is 21.1 Å². The molecular formula is C20H24N4O2. The molecular weight excluding hydrogens is 328 g/mol. The molecule has 0 aromatic heterocycles. The lowest BCUT2D eigenvalue weighted by molar-refractivity contribution is -0.116. The lowest BCUT2D eigenvalue weighted by Crippen LogP contribution is -2.23. The Bertz CT molecular complexity index is 817. The quantitative estimate of drug-likeness (QED) is 0.424. The van der Waals surface area contributed by atoms with Crippen LogP contribution >= 0.6 is 0 Å². The van der Waals surface area contributed by atoms with Crippen molar-refractivity contribution in [2.24, 2.45) is 10.7 Å². The Kier molecular flexibility index (Phi) is 5.73. The van der Waals surface area contributed by atoms with Gasteiger partial charge in [0.1, 0.15) is 12.4 Å². The van der Waals surface area contributed by atoms with Gasteiger partial charge in [-0.25, -0.2) is 4.99 Å². The van der Waals surface area contributed by atoms with Crippen molar-refractivity contribution in [3.8, 4) is 5.75 Å². The summed E-state index contributed by atoms with van der Waals surface area (Å²) >= 11 is 0. The van der Waals surface area contributed by atoms with Gasteiger partial charge in [-0.05, 0) is 54.3 Å². The number of aliphatic imine (C=N–C) groups is 1. The molecule has 1 aliphatic rings. The van der Waals surface area contributed by atoms with Gasteiger partial charge in [0.05, 0.1) is 6.54 Å². The summed E-state index contributed by atoms with van der Waals surface area (Å²) in [6.07, 6.45) is 2.23. The minimum Gasteiger partial charge on any atom is -0.492 e. The molecule has 0 saturated carbocycles. The van der Waals surface area contributed by atoms with E-state index in [1.165, 1.54) is 5.56 Å². The van der Waals surface area contributed by atoms with Crippen molar-refractivity contribution in [2.75, 3.05) is 23.8 Å². The lowest BCUT2D eigenvalue weighted by Gasteiger charge is -2.17. The molecule has 0 bridgehead atoms. The number of rotatable bonds is 6. The largest absolute Gasteiger partial charge is 0.492 e. The molecule has 0 radical (unpaired) electrons. The number of nitrogens with two attached hydrogens (primary N) is 1. The van der Waals surface area contributed by atoms with Crippen molar-refractivity contribution in [3.05, 3.63) is 53.6 Å². The Hall–Kier alpha value is -3.02. The summed E-state index contributed by atoms with van der Waals surface area (Å²) in [5.41, 5.74) is 10.1. The van der Waals surface area contributed by atoms with Gasteiger partial charge in [0, 0.05) is 17.8 Å². The van der Waals surface area contributed by atoms with Crippen LogP contribution in [-0.4, -0.2) is 25.0 Å². The maximum atomic E-state index is 11.4. The molecule has 26 heavy (non-hydrogen) atoms. The number of nitrogens with zero attached hydrogens (tertiary/aromatic N) is 1. The number of carbonyl (C=O) groups excluding carboxylic acids is 1. The molecule has 0 fully saturated rings. The minimum absolute atomic E-state index is 0.0629.